The highest BCUT2D eigenvalue weighted by Crippen LogP contribution is 2.71. The monoisotopic (exact) mass is 506 g/mol. The van der Waals surface area contributed by atoms with Crippen LogP contribution < -0.4 is 0 Å². The molecule has 4 rings (SSSR count). The molecule has 206 valence electrons. The van der Waals surface area contributed by atoms with Gasteiger partial charge in [-0.25, -0.2) is 0 Å². The van der Waals surface area contributed by atoms with Gasteiger partial charge in [0.1, 0.15) is 0 Å². The van der Waals surface area contributed by atoms with Gasteiger partial charge in [0.2, 0.25) is 0 Å². The number of hydrogen-bond donors (Lipinski definition) is 6. The fourth-order valence-electron chi connectivity index (χ4n) is 9.12. The van der Waals surface area contributed by atoms with E-state index in [4.69, 9.17) is 0 Å². The number of allylic oxidation sites excluding steroid dienone is 3. The fourth-order valence-corrected chi connectivity index (χ4v) is 9.12. The van der Waals surface area contributed by atoms with Gasteiger partial charge in [0, 0.05) is 17.4 Å². The second kappa shape index (κ2) is 8.89. The highest BCUT2D eigenvalue weighted by molar-refractivity contribution is 5.51. The zero-order valence-corrected chi connectivity index (χ0v) is 23.3. The first-order valence-corrected chi connectivity index (χ1v) is 13.9. The van der Waals surface area contributed by atoms with Gasteiger partial charge in [-0.1, -0.05) is 46.8 Å². The lowest BCUT2D eigenvalue weighted by molar-refractivity contribution is -0.153. The van der Waals surface area contributed by atoms with Crippen LogP contribution >= 0.6 is 0 Å². The molecule has 0 amide bonds. The van der Waals surface area contributed by atoms with Crippen molar-refractivity contribution in [1.82, 2.24) is 0 Å². The summed E-state index contributed by atoms with van der Waals surface area (Å²) in [6.45, 7) is 13.9. The molecule has 4 aliphatic carbocycles. The van der Waals surface area contributed by atoms with Crippen molar-refractivity contribution in [1.29, 1.82) is 0 Å². The van der Waals surface area contributed by atoms with Crippen molar-refractivity contribution in [2.24, 2.45) is 39.4 Å². The Morgan fingerprint density at radius 2 is 1.67 bits per heavy atom. The molecule has 6 heteroatoms. The lowest BCUT2D eigenvalue weighted by Crippen LogP contribution is -2.60. The first-order chi connectivity index (χ1) is 16.5. The third-order valence-corrected chi connectivity index (χ3v) is 11.8. The minimum Gasteiger partial charge on any atom is -0.396 e. The Bertz CT molecular complexity index is 917. The van der Waals surface area contributed by atoms with Gasteiger partial charge in [0.05, 0.1) is 30.0 Å². The number of fused-ring (bicyclic) bond motifs is 5. The Morgan fingerprint density at radius 3 is 2.25 bits per heavy atom. The van der Waals surface area contributed by atoms with Crippen molar-refractivity contribution < 1.29 is 30.6 Å². The zero-order valence-electron chi connectivity index (χ0n) is 23.3. The van der Waals surface area contributed by atoms with Gasteiger partial charge in [-0.15, -0.1) is 0 Å². The molecule has 0 saturated heterocycles. The van der Waals surface area contributed by atoms with Crippen molar-refractivity contribution in [3.63, 3.8) is 0 Å². The van der Waals surface area contributed by atoms with E-state index in [9.17, 15) is 30.6 Å². The summed E-state index contributed by atoms with van der Waals surface area (Å²) in [5.41, 5.74) is -0.371. The summed E-state index contributed by atoms with van der Waals surface area (Å²) >= 11 is 0. The summed E-state index contributed by atoms with van der Waals surface area (Å²) in [4.78, 5) is 0. The SMILES string of the molecule is CC(C)(O)[C@H](O)CC[C@@H](CO)[C@H]1CC[C@@]2(C)C3=CC[C@H]4C(C)(C)[C@@H](O)[C@H](O)C[C@]4(C)C3=C[C@H](O)[C@]12C. The van der Waals surface area contributed by atoms with Crippen LogP contribution in [0.2, 0.25) is 0 Å². The highest BCUT2D eigenvalue weighted by Gasteiger charge is 2.66. The highest BCUT2D eigenvalue weighted by atomic mass is 16.3. The van der Waals surface area contributed by atoms with Crippen LogP contribution in [0.3, 0.4) is 0 Å². The predicted molar refractivity (Wildman–Crippen MR) is 140 cm³/mol. The van der Waals surface area contributed by atoms with Crippen LogP contribution in [-0.2, 0) is 0 Å². The molecule has 2 saturated carbocycles. The van der Waals surface area contributed by atoms with Crippen molar-refractivity contribution in [2.75, 3.05) is 6.61 Å². The van der Waals surface area contributed by atoms with Crippen LogP contribution in [-0.4, -0.2) is 67.3 Å². The smallest absolute Gasteiger partial charge is 0.0853 e. The Kier molecular flexibility index (Phi) is 6.98. The fraction of sp³-hybridized carbons (Fsp3) is 0.867. The van der Waals surface area contributed by atoms with E-state index in [1.54, 1.807) is 13.8 Å². The Hall–Kier alpha value is -0.760. The van der Waals surface area contributed by atoms with Gasteiger partial charge in [0.25, 0.3) is 0 Å². The summed E-state index contributed by atoms with van der Waals surface area (Å²) in [7, 11) is 0. The largest absolute Gasteiger partial charge is 0.396 e. The van der Waals surface area contributed by atoms with E-state index < -0.39 is 40.8 Å². The van der Waals surface area contributed by atoms with E-state index in [1.807, 2.05) is 19.9 Å². The first kappa shape index (κ1) is 28.3. The number of hydrogen-bond acceptors (Lipinski definition) is 6. The zero-order chi connectivity index (χ0) is 27.1. The quantitative estimate of drug-likeness (QED) is 0.329. The summed E-state index contributed by atoms with van der Waals surface area (Å²) in [6.07, 6.45) is 5.25. The molecule has 10 atom stereocenters. The average Bonchev–Trinajstić information content (AvgIpc) is 3.06. The molecule has 0 aliphatic heterocycles. The van der Waals surface area contributed by atoms with E-state index >= 15 is 0 Å². The van der Waals surface area contributed by atoms with Gasteiger partial charge in [-0.2, -0.15) is 0 Å². The van der Waals surface area contributed by atoms with Crippen molar-refractivity contribution >= 4 is 0 Å². The van der Waals surface area contributed by atoms with Gasteiger partial charge in [0.15, 0.2) is 0 Å². The second-order valence-electron chi connectivity index (χ2n) is 14.3. The van der Waals surface area contributed by atoms with E-state index in [-0.39, 0.29) is 35.2 Å². The minimum atomic E-state index is -1.19. The molecule has 0 aromatic heterocycles. The molecule has 6 N–H and O–H groups in total. The maximum Gasteiger partial charge on any atom is 0.0853 e. The second-order valence-corrected chi connectivity index (χ2v) is 14.3. The third-order valence-electron chi connectivity index (χ3n) is 11.8. The van der Waals surface area contributed by atoms with Crippen LogP contribution in [0.4, 0.5) is 0 Å². The van der Waals surface area contributed by atoms with Crippen molar-refractivity contribution in [3.05, 3.63) is 23.3 Å². The van der Waals surface area contributed by atoms with Gasteiger partial charge >= 0.3 is 0 Å². The molecule has 0 heterocycles. The molecule has 0 radical (unpaired) electrons. The molecular weight excluding hydrogens is 456 g/mol. The molecule has 36 heavy (non-hydrogen) atoms. The van der Waals surface area contributed by atoms with E-state index in [0.717, 1.165) is 24.8 Å². The van der Waals surface area contributed by atoms with Gasteiger partial charge < -0.3 is 30.6 Å². The van der Waals surface area contributed by atoms with Crippen LogP contribution in [0.1, 0.15) is 87.0 Å². The van der Waals surface area contributed by atoms with Crippen LogP contribution in [0.15, 0.2) is 23.3 Å². The molecule has 0 spiro atoms. The molecule has 6 nitrogen and oxygen atoms in total. The Labute approximate surface area is 217 Å². The molecule has 0 bridgehead atoms. The molecule has 0 aromatic rings. The van der Waals surface area contributed by atoms with E-state index in [2.05, 4.69) is 26.8 Å². The molecule has 2 fully saturated rings. The standard InChI is InChI=1S/C30H50O6/c1-26(2)22-10-9-19-20(28(22,5)15-21(32)25(26)35)14-24(34)30(7)18(12-13-29(19,30)6)17(16-31)8-11-23(33)27(3,4)36/h9,14,17-18,21-25,31-36H,8,10-13,15-16H2,1-7H3/t17-,18+,21+,22-,23+,24-,25-,28+,29-,30-/m0/s1. The summed E-state index contributed by atoms with van der Waals surface area (Å²) in [5.74, 6) is 0.136. The van der Waals surface area contributed by atoms with Crippen molar-refractivity contribution in [2.45, 2.75) is 117 Å². The molecule has 4 aliphatic rings. The van der Waals surface area contributed by atoms with Crippen LogP contribution in [0.25, 0.3) is 0 Å². The molecule has 0 unspecified atom stereocenters. The average molecular weight is 507 g/mol. The Morgan fingerprint density at radius 1 is 1.03 bits per heavy atom. The summed E-state index contributed by atoms with van der Waals surface area (Å²) < 4.78 is 0. The summed E-state index contributed by atoms with van der Waals surface area (Å²) in [6, 6.07) is 0. The topological polar surface area (TPSA) is 121 Å². The van der Waals surface area contributed by atoms with Crippen molar-refractivity contribution in [3.8, 4) is 0 Å². The minimum absolute atomic E-state index is 0.0185. The maximum atomic E-state index is 11.8. The maximum absolute atomic E-state index is 11.8. The van der Waals surface area contributed by atoms with E-state index in [1.165, 1.54) is 5.57 Å². The lowest BCUT2D eigenvalue weighted by atomic mass is 9.43. The predicted octanol–water partition coefficient (Wildman–Crippen LogP) is 3.33. The van der Waals surface area contributed by atoms with Crippen LogP contribution in [0, 0.1) is 39.4 Å². The normalized spacial score (nSPS) is 45.6. The van der Waals surface area contributed by atoms with Gasteiger partial charge in [-0.05, 0) is 92.1 Å². The Balaban J connectivity index is 1.70. The van der Waals surface area contributed by atoms with Gasteiger partial charge in [-0.3, -0.25) is 0 Å². The lowest BCUT2D eigenvalue weighted by Gasteiger charge is -2.62. The summed E-state index contributed by atoms with van der Waals surface area (Å²) in [5, 5.41) is 64.5. The third kappa shape index (κ3) is 3.81. The van der Waals surface area contributed by atoms with E-state index in [0.29, 0.717) is 19.3 Å². The molecular formula is C30H50O6. The first-order valence-electron chi connectivity index (χ1n) is 13.9. The molecule has 0 aromatic carbocycles. The van der Waals surface area contributed by atoms with Crippen LogP contribution in [0.5, 0.6) is 0 Å². The number of aliphatic hydroxyl groups is 6. The number of rotatable bonds is 6. The number of aliphatic hydroxyl groups excluding tert-OH is 5.